The van der Waals surface area contributed by atoms with E-state index in [1.807, 2.05) is 31.2 Å². The molecule has 0 aliphatic heterocycles. The van der Waals surface area contributed by atoms with Crippen molar-refractivity contribution >= 4 is 5.91 Å². The van der Waals surface area contributed by atoms with Crippen molar-refractivity contribution in [2.75, 3.05) is 19.7 Å². The van der Waals surface area contributed by atoms with Gasteiger partial charge in [-0.05, 0) is 30.5 Å². The van der Waals surface area contributed by atoms with E-state index >= 15 is 0 Å². The molecule has 4 nitrogen and oxygen atoms in total. The second-order valence-electron chi connectivity index (χ2n) is 4.88. The summed E-state index contributed by atoms with van der Waals surface area (Å²) in [5, 5.41) is 6.00. The molecule has 106 valence electrons. The van der Waals surface area contributed by atoms with Gasteiger partial charge in [0.25, 0.3) is 0 Å². The van der Waals surface area contributed by atoms with Gasteiger partial charge in [0.05, 0.1) is 13.2 Å². The Morgan fingerprint density at radius 2 is 1.95 bits per heavy atom. The minimum absolute atomic E-state index is 0.0413. The average molecular weight is 264 g/mol. The van der Waals surface area contributed by atoms with E-state index in [1.165, 1.54) is 0 Å². The van der Waals surface area contributed by atoms with Gasteiger partial charge in [0.1, 0.15) is 5.75 Å². The van der Waals surface area contributed by atoms with Crippen molar-refractivity contribution in [2.24, 2.45) is 5.92 Å². The molecule has 0 spiro atoms. The highest BCUT2D eigenvalue weighted by Gasteiger charge is 2.01. The molecule has 1 rings (SSSR count). The van der Waals surface area contributed by atoms with E-state index in [1.54, 1.807) is 0 Å². The van der Waals surface area contributed by atoms with Crippen LogP contribution in [0.1, 0.15) is 26.3 Å². The lowest BCUT2D eigenvalue weighted by Crippen LogP contribution is -2.35. The molecule has 0 aliphatic carbocycles. The van der Waals surface area contributed by atoms with E-state index in [4.69, 9.17) is 4.74 Å². The first kappa shape index (κ1) is 15.5. The molecule has 0 heterocycles. The van der Waals surface area contributed by atoms with Crippen LogP contribution in [0.25, 0.3) is 0 Å². The molecule has 0 aromatic heterocycles. The van der Waals surface area contributed by atoms with E-state index in [0.29, 0.717) is 25.6 Å². The highest BCUT2D eigenvalue weighted by molar-refractivity contribution is 5.77. The van der Waals surface area contributed by atoms with Crippen LogP contribution >= 0.6 is 0 Å². The van der Waals surface area contributed by atoms with Crippen molar-refractivity contribution < 1.29 is 9.53 Å². The first-order chi connectivity index (χ1) is 9.11. The largest absolute Gasteiger partial charge is 0.494 e. The van der Waals surface area contributed by atoms with Crippen LogP contribution in [0.3, 0.4) is 0 Å². The highest BCUT2D eigenvalue weighted by atomic mass is 16.5. The Labute approximate surface area is 115 Å². The first-order valence-electron chi connectivity index (χ1n) is 6.81. The van der Waals surface area contributed by atoms with Crippen LogP contribution in [-0.4, -0.2) is 25.6 Å². The number of amides is 1. The lowest BCUT2D eigenvalue weighted by molar-refractivity contribution is -0.120. The van der Waals surface area contributed by atoms with E-state index in [0.717, 1.165) is 17.9 Å². The molecule has 1 aromatic rings. The molecule has 0 bridgehead atoms. The monoisotopic (exact) mass is 264 g/mol. The zero-order valence-electron chi connectivity index (χ0n) is 12.0. The Hall–Kier alpha value is -1.55. The minimum atomic E-state index is 0.0413. The van der Waals surface area contributed by atoms with Gasteiger partial charge >= 0.3 is 0 Å². The third-order valence-corrected chi connectivity index (χ3v) is 2.56. The summed E-state index contributed by atoms with van der Waals surface area (Å²) in [6.45, 7) is 8.55. The summed E-state index contributed by atoms with van der Waals surface area (Å²) in [6, 6.07) is 7.90. The molecule has 4 heteroatoms. The number of nitrogens with one attached hydrogen (secondary N) is 2. The Bertz CT molecular complexity index is 374. The summed E-state index contributed by atoms with van der Waals surface area (Å²) in [4.78, 5) is 11.5. The predicted octanol–water partition coefficient (Wildman–Crippen LogP) is 1.95. The zero-order valence-corrected chi connectivity index (χ0v) is 12.0. The molecule has 0 radical (unpaired) electrons. The number of benzene rings is 1. The molecule has 0 fully saturated rings. The second-order valence-corrected chi connectivity index (χ2v) is 4.88. The molecule has 2 N–H and O–H groups in total. The van der Waals surface area contributed by atoms with Crippen molar-refractivity contribution in [3.8, 4) is 5.75 Å². The fraction of sp³-hybridized carbons (Fsp3) is 0.533. The van der Waals surface area contributed by atoms with Crippen LogP contribution in [0, 0.1) is 5.92 Å². The maximum Gasteiger partial charge on any atom is 0.233 e. The van der Waals surface area contributed by atoms with Crippen LogP contribution in [0.5, 0.6) is 5.75 Å². The topological polar surface area (TPSA) is 50.4 Å². The van der Waals surface area contributed by atoms with Crippen LogP contribution < -0.4 is 15.4 Å². The molecular weight excluding hydrogens is 240 g/mol. The number of ether oxygens (including phenoxy) is 1. The first-order valence-corrected chi connectivity index (χ1v) is 6.81. The number of carbonyl (C=O) groups is 1. The standard InChI is InChI=1S/C15H24N2O2/c1-4-19-14-7-5-13(6-8-14)10-16-11-15(18)17-9-12(2)3/h5-8,12,16H,4,9-11H2,1-3H3,(H,17,18). The van der Waals surface area contributed by atoms with E-state index in [9.17, 15) is 4.79 Å². The van der Waals surface area contributed by atoms with Crippen LogP contribution in [-0.2, 0) is 11.3 Å². The summed E-state index contributed by atoms with van der Waals surface area (Å²) >= 11 is 0. The van der Waals surface area contributed by atoms with E-state index in [2.05, 4.69) is 24.5 Å². The van der Waals surface area contributed by atoms with Gasteiger partial charge in [-0.3, -0.25) is 4.79 Å². The maximum absolute atomic E-state index is 11.5. The zero-order chi connectivity index (χ0) is 14.1. The van der Waals surface area contributed by atoms with Gasteiger partial charge in [-0.1, -0.05) is 26.0 Å². The van der Waals surface area contributed by atoms with Gasteiger partial charge in [0.15, 0.2) is 0 Å². The Morgan fingerprint density at radius 3 is 2.53 bits per heavy atom. The highest BCUT2D eigenvalue weighted by Crippen LogP contribution is 2.11. The molecule has 1 amide bonds. The number of hydrogen-bond donors (Lipinski definition) is 2. The predicted molar refractivity (Wildman–Crippen MR) is 77.2 cm³/mol. The quantitative estimate of drug-likeness (QED) is 0.754. The molecule has 1 aromatic carbocycles. The van der Waals surface area contributed by atoms with Gasteiger partial charge in [0, 0.05) is 13.1 Å². The van der Waals surface area contributed by atoms with Gasteiger partial charge < -0.3 is 15.4 Å². The Kier molecular flexibility index (Phi) is 6.97. The Balaban J connectivity index is 2.23. The third kappa shape index (κ3) is 6.82. The lowest BCUT2D eigenvalue weighted by atomic mass is 10.2. The minimum Gasteiger partial charge on any atom is -0.494 e. The van der Waals surface area contributed by atoms with Crippen molar-refractivity contribution in [2.45, 2.75) is 27.3 Å². The van der Waals surface area contributed by atoms with Crippen LogP contribution in [0.15, 0.2) is 24.3 Å². The Morgan fingerprint density at radius 1 is 1.26 bits per heavy atom. The molecular formula is C15H24N2O2. The summed E-state index contributed by atoms with van der Waals surface area (Å²) in [7, 11) is 0. The lowest BCUT2D eigenvalue weighted by Gasteiger charge is -2.09. The molecule has 0 aliphatic rings. The fourth-order valence-corrected chi connectivity index (χ4v) is 1.57. The summed E-state index contributed by atoms with van der Waals surface area (Å²) in [5.41, 5.74) is 1.14. The van der Waals surface area contributed by atoms with Gasteiger partial charge in [-0.25, -0.2) is 0 Å². The SMILES string of the molecule is CCOc1ccc(CNCC(=O)NCC(C)C)cc1. The van der Waals surface area contributed by atoms with Crippen LogP contribution in [0.4, 0.5) is 0 Å². The molecule has 0 atom stereocenters. The number of hydrogen-bond acceptors (Lipinski definition) is 3. The van der Waals surface area contributed by atoms with Crippen LogP contribution in [0.2, 0.25) is 0 Å². The fourth-order valence-electron chi connectivity index (χ4n) is 1.57. The van der Waals surface area contributed by atoms with Crippen molar-refractivity contribution in [1.82, 2.24) is 10.6 Å². The maximum atomic E-state index is 11.5. The van der Waals surface area contributed by atoms with Crippen molar-refractivity contribution in [3.05, 3.63) is 29.8 Å². The molecule has 0 saturated heterocycles. The summed E-state index contributed by atoms with van der Waals surface area (Å²) < 4.78 is 5.37. The summed E-state index contributed by atoms with van der Waals surface area (Å²) in [6.07, 6.45) is 0. The molecule has 0 unspecified atom stereocenters. The average Bonchev–Trinajstić information content (AvgIpc) is 2.39. The van der Waals surface area contributed by atoms with E-state index in [-0.39, 0.29) is 5.91 Å². The molecule has 19 heavy (non-hydrogen) atoms. The van der Waals surface area contributed by atoms with Crippen molar-refractivity contribution in [1.29, 1.82) is 0 Å². The van der Waals surface area contributed by atoms with E-state index < -0.39 is 0 Å². The second kappa shape index (κ2) is 8.53. The number of carbonyl (C=O) groups excluding carboxylic acids is 1. The summed E-state index contributed by atoms with van der Waals surface area (Å²) in [5.74, 6) is 1.40. The van der Waals surface area contributed by atoms with Crippen molar-refractivity contribution in [3.63, 3.8) is 0 Å². The normalized spacial score (nSPS) is 10.5. The number of rotatable bonds is 8. The smallest absolute Gasteiger partial charge is 0.233 e. The molecule has 0 saturated carbocycles. The van der Waals surface area contributed by atoms with Gasteiger partial charge in [-0.15, -0.1) is 0 Å². The third-order valence-electron chi connectivity index (χ3n) is 2.56. The van der Waals surface area contributed by atoms with Gasteiger partial charge in [-0.2, -0.15) is 0 Å². The van der Waals surface area contributed by atoms with Gasteiger partial charge in [0.2, 0.25) is 5.91 Å².